The SMILES string of the molecule is O=C(O)CC(C(=O)O)(C(=O)O)C1=CCCC1. The van der Waals surface area contributed by atoms with Gasteiger partial charge in [-0.1, -0.05) is 6.08 Å². The molecule has 0 spiro atoms. The number of carbonyl (C=O) groups is 3. The zero-order valence-corrected chi connectivity index (χ0v) is 8.47. The van der Waals surface area contributed by atoms with Gasteiger partial charge in [0.05, 0.1) is 6.42 Å². The smallest absolute Gasteiger partial charge is 0.325 e. The van der Waals surface area contributed by atoms with Crippen LogP contribution in [0.1, 0.15) is 25.7 Å². The zero-order chi connectivity index (χ0) is 12.3. The van der Waals surface area contributed by atoms with Gasteiger partial charge in [-0.15, -0.1) is 0 Å². The first kappa shape index (κ1) is 12.2. The molecule has 1 aliphatic rings. The van der Waals surface area contributed by atoms with Crippen LogP contribution in [0.5, 0.6) is 0 Å². The number of hydrogen-bond acceptors (Lipinski definition) is 3. The zero-order valence-electron chi connectivity index (χ0n) is 8.47. The second-order valence-corrected chi connectivity index (χ2v) is 3.71. The van der Waals surface area contributed by atoms with Crippen LogP contribution in [0.25, 0.3) is 0 Å². The fourth-order valence-corrected chi connectivity index (χ4v) is 1.92. The Hall–Kier alpha value is -1.85. The van der Waals surface area contributed by atoms with Gasteiger partial charge in [0.2, 0.25) is 0 Å². The maximum absolute atomic E-state index is 11.1. The summed E-state index contributed by atoms with van der Waals surface area (Å²) in [6.07, 6.45) is 2.18. The molecule has 0 atom stereocenters. The van der Waals surface area contributed by atoms with Crippen molar-refractivity contribution in [1.82, 2.24) is 0 Å². The predicted molar refractivity (Wildman–Crippen MR) is 51.9 cm³/mol. The standard InChI is InChI=1S/C10H12O6/c11-7(12)5-10(8(13)14,9(15)16)6-3-1-2-4-6/h3H,1-2,4-5H2,(H,11,12)(H,13,14)(H,15,16). The van der Waals surface area contributed by atoms with Crippen LogP contribution >= 0.6 is 0 Å². The van der Waals surface area contributed by atoms with Crippen molar-refractivity contribution in [2.45, 2.75) is 25.7 Å². The molecule has 88 valence electrons. The highest BCUT2D eigenvalue weighted by Gasteiger charge is 2.51. The van der Waals surface area contributed by atoms with E-state index in [-0.39, 0.29) is 5.57 Å². The minimum Gasteiger partial charge on any atom is -0.481 e. The number of carboxylic acids is 3. The third kappa shape index (κ3) is 1.91. The van der Waals surface area contributed by atoms with Crippen molar-refractivity contribution in [2.75, 3.05) is 0 Å². The van der Waals surface area contributed by atoms with Gasteiger partial charge in [-0.3, -0.25) is 14.4 Å². The Morgan fingerprint density at radius 1 is 1.19 bits per heavy atom. The average Bonchev–Trinajstić information content (AvgIpc) is 2.65. The number of allylic oxidation sites excluding steroid dienone is 1. The molecule has 0 heterocycles. The van der Waals surface area contributed by atoms with E-state index >= 15 is 0 Å². The highest BCUT2D eigenvalue weighted by molar-refractivity contribution is 6.04. The Morgan fingerprint density at radius 3 is 2.06 bits per heavy atom. The van der Waals surface area contributed by atoms with E-state index < -0.39 is 29.7 Å². The van der Waals surface area contributed by atoms with Crippen LogP contribution in [-0.4, -0.2) is 33.2 Å². The molecule has 0 unspecified atom stereocenters. The van der Waals surface area contributed by atoms with Crippen molar-refractivity contribution >= 4 is 17.9 Å². The molecule has 0 amide bonds. The molecule has 1 rings (SSSR count). The molecule has 0 bridgehead atoms. The second-order valence-electron chi connectivity index (χ2n) is 3.71. The molecular weight excluding hydrogens is 216 g/mol. The van der Waals surface area contributed by atoms with Gasteiger partial charge < -0.3 is 15.3 Å². The number of aliphatic carboxylic acids is 3. The van der Waals surface area contributed by atoms with E-state index in [1.165, 1.54) is 6.08 Å². The third-order valence-electron chi connectivity index (χ3n) is 2.74. The van der Waals surface area contributed by atoms with Crippen molar-refractivity contribution in [1.29, 1.82) is 0 Å². The van der Waals surface area contributed by atoms with Crippen LogP contribution in [0.15, 0.2) is 11.6 Å². The van der Waals surface area contributed by atoms with Gasteiger partial charge in [-0.05, 0) is 24.8 Å². The summed E-state index contributed by atoms with van der Waals surface area (Å²) in [5.74, 6) is -4.66. The summed E-state index contributed by atoms with van der Waals surface area (Å²) in [5, 5.41) is 26.7. The lowest BCUT2D eigenvalue weighted by Crippen LogP contribution is -2.42. The van der Waals surface area contributed by atoms with E-state index in [1.54, 1.807) is 0 Å². The Morgan fingerprint density at radius 2 is 1.75 bits per heavy atom. The summed E-state index contributed by atoms with van der Waals surface area (Å²) in [6, 6.07) is 0. The predicted octanol–water partition coefficient (Wildman–Crippen LogP) is 0.727. The van der Waals surface area contributed by atoms with E-state index in [1.807, 2.05) is 0 Å². The number of hydrogen-bond donors (Lipinski definition) is 3. The summed E-state index contributed by atoms with van der Waals surface area (Å²) >= 11 is 0. The minimum absolute atomic E-state index is 0.190. The number of carboxylic acid groups (broad SMARTS) is 3. The molecule has 0 saturated heterocycles. The van der Waals surface area contributed by atoms with Gasteiger partial charge in [0.15, 0.2) is 5.41 Å². The highest BCUT2D eigenvalue weighted by Crippen LogP contribution is 2.39. The van der Waals surface area contributed by atoms with Gasteiger partial charge in [-0.25, -0.2) is 0 Å². The molecule has 0 aromatic rings. The van der Waals surface area contributed by atoms with Crippen LogP contribution in [-0.2, 0) is 14.4 Å². The summed E-state index contributed by atoms with van der Waals surface area (Å²) in [6.45, 7) is 0. The second kappa shape index (κ2) is 4.34. The summed E-state index contributed by atoms with van der Waals surface area (Å²) < 4.78 is 0. The fraction of sp³-hybridized carbons (Fsp3) is 0.500. The van der Waals surface area contributed by atoms with Gasteiger partial charge >= 0.3 is 17.9 Å². The molecular formula is C10H12O6. The first-order valence-corrected chi connectivity index (χ1v) is 4.79. The summed E-state index contributed by atoms with van der Waals surface area (Å²) in [5.41, 5.74) is -2.11. The topological polar surface area (TPSA) is 112 Å². The molecule has 0 fully saturated rings. The minimum atomic E-state index is -2.30. The average molecular weight is 228 g/mol. The maximum atomic E-state index is 11.1. The molecule has 6 heteroatoms. The van der Waals surface area contributed by atoms with Crippen LogP contribution < -0.4 is 0 Å². The third-order valence-corrected chi connectivity index (χ3v) is 2.74. The lowest BCUT2D eigenvalue weighted by Gasteiger charge is -2.24. The van der Waals surface area contributed by atoms with E-state index in [2.05, 4.69) is 0 Å². The van der Waals surface area contributed by atoms with Crippen molar-refractivity contribution < 1.29 is 29.7 Å². The van der Waals surface area contributed by atoms with E-state index in [9.17, 15) is 14.4 Å². The highest BCUT2D eigenvalue weighted by atomic mass is 16.4. The molecule has 3 N–H and O–H groups in total. The largest absolute Gasteiger partial charge is 0.481 e. The Balaban J connectivity index is 3.21. The molecule has 1 aliphatic carbocycles. The van der Waals surface area contributed by atoms with Gasteiger partial charge in [0.1, 0.15) is 0 Å². The van der Waals surface area contributed by atoms with Crippen LogP contribution in [0.4, 0.5) is 0 Å². The monoisotopic (exact) mass is 228 g/mol. The van der Waals surface area contributed by atoms with Crippen molar-refractivity contribution in [3.63, 3.8) is 0 Å². The Bertz CT molecular complexity index is 354. The molecule has 0 saturated carbocycles. The molecule has 0 aromatic heterocycles. The van der Waals surface area contributed by atoms with E-state index in [0.717, 1.165) is 0 Å². The summed E-state index contributed by atoms with van der Waals surface area (Å²) in [7, 11) is 0. The van der Waals surface area contributed by atoms with Gasteiger partial charge in [-0.2, -0.15) is 0 Å². The van der Waals surface area contributed by atoms with E-state index in [0.29, 0.717) is 19.3 Å². The Kier molecular flexibility index (Phi) is 3.31. The molecule has 16 heavy (non-hydrogen) atoms. The molecule has 0 radical (unpaired) electrons. The lowest BCUT2D eigenvalue weighted by molar-refractivity contribution is -0.166. The quantitative estimate of drug-likeness (QED) is 0.472. The molecule has 6 nitrogen and oxygen atoms in total. The van der Waals surface area contributed by atoms with Gasteiger partial charge in [0.25, 0.3) is 0 Å². The first-order valence-electron chi connectivity index (χ1n) is 4.79. The summed E-state index contributed by atoms with van der Waals surface area (Å²) in [4.78, 5) is 32.8. The molecule has 0 aliphatic heterocycles. The van der Waals surface area contributed by atoms with Crippen LogP contribution in [0.2, 0.25) is 0 Å². The maximum Gasteiger partial charge on any atom is 0.325 e. The van der Waals surface area contributed by atoms with Crippen LogP contribution in [0, 0.1) is 5.41 Å². The van der Waals surface area contributed by atoms with Crippen molar-refractivity contribution in [2.24, 2.45) is 5.41 Å². The van der Waals surface area contributed by atoms with Gasteiger partial charge in [0, 0.05) is 0 Å². The van der Waals surface area contributed by atoms with Crippen molar-refractivity contribution in [3.8, 4) is 0 Å². The Labute approximate surface area is 91.2 Å². The van der Waals surface area contributed by atoms with E-state index in [4.69, 9.17) is 15.3 Å². The van der Waals surface area contributed by atoms with Crippen molar-refractivity contribution in [3.05, 3.63) is 11.6 Å². The normalized spacial score (nSPS) is 15.6. The van der Waals surface area contributed by atoms with Crippen LogP contribution in [0.3, 0.4) is 0 Å². The fourth-order valence-electron chi connectivity index (χ4n) is 1.92. The lowest BCUT2D eigenvalue weighted by atomic mass is 9.76. The molecule has 0 aromatic carbocycles. The first-order chi connectivity index (χ1) is 7.41. The number of rotatable bonds is 5.